The molecule has 4 aliphatic rings. The minimum Gasteiger partial charge on any atom is -0.460 e. The molecule has 4 heterocycles. The van der Waals surface area contributed by atoms with Crippen LogP contribution in [-0.4, -0.2) is 147 Å². The summed E-state index contributed by atoms with van der Waals surface area (Å²) in [5.74, 6) is -4.45. The third kappa shape index (κ3) is 10.6. The van der Waals surface area contributed by atoms with Crippen LogP contribution in [0.4, 0.5) is 4.79 Å². The Labute approximate surface area is 360 Å². The van der Waals surface area contributed by atoms with E-state index in [1.165, 1.54) is 14.2 Å². The standard InChI is InChI=1S/C45H70N2O14/c1-14-31-33-37(59-43(52)46-33)25(4)34(48)23(2)21-44(8,53-12)38(61-42-35(49)30(47(10)11)20-24(3)55-42)26(5)36(27(6)40(50)57-31)58-32-22-45(9,54-13)39(28(7)56-32)60-41(51)29-18-16-15-17-19-29/h15-19,23-28,30-33,35-39,42,49H,14,20-22H2,1-13H3,(H,46,52)/t23-,24-,25+,26+,27-,28+,30+,31-,32?,33+,35-,36+,37-,38-,39+,42?,44-,45-/m1/s1. The average molecular weight is 863 g/mol. The van der Waals surface area contributed by atoms with Crippen molar-refractivity contribution in [1.82, 2.24) is 10.2 Å². The Morgan fingerprint density at radius 1 is 0.885 bits per heavy atom. The third-order valence-corrected chi connectivity index (χ3v) is 13.6. The topological polar surface area (TPSA) is 187 Å². The van der Waals surface area contributed by atoms with Gasteiger partial charge in [-0.25, -0.2) is 9.59 Å². The van der Waals surface area contributed by atoms with E-state index in [1.807, 2.05) is 59.7 Å². The Bertz CT molecular complexity index is 1670. The predicted octanol–water partition coefficient (Wildman–Crippen LogP) is 4.67. The van der Waals surface area contributed by atoms with Gasteiger partial charge in [0.1, 0.15) is 35.7 Å². The monoisotopic (exact) mass is 862 g/mol. The van der Waals surface area contributed by atoms with Gasteiger partial charge in [-0.05, 0) is 80.1 Å². The number of benzene rings is 1. The number of aliphatic hydroxyl groups is 1. The van der Waals surface area contributed by atoms with Crippen LogP contribution in [0.3, 0.4) is 0 Å². The second kappa shape index (κ2) is 20.1. The summed E-state index contributed by atoms with van der Waals surface area (Å²) < 4.78 is 57.0. The van der Waals surface area contributed by atoms with E-state index >= 15 is 0 Å². The van der Waals surface area contributed by atoms with Crippen LogP contribution in [-0.2, 0) is 52.2 Å². The van der Waals surface area contributed by atoms with E-state index in [-0.39, 0.29) is 30.8 Å². The number of hydrogen-bond donors (Lipinski definition) is 2. The number of nitrogens with one attached hydrogen (secondary N) is 1. The molecule has 4 aliphatic heterocycles. The molecule has 1 amide bonds. The number of nitrogens with zero attached hydrogens (tertiary/aromatic N) is 1. The normalized spacial score (nSPS) is 42.8. The number of amides is 1. The molecular formula is C45H70N2O14. The maximum Gasteiger partial charge on any atom is 0.407 e. The molecule has 2 N–H and O–H groups in total. The zero-order chi connectivity index (χ0) is 45.1. The van der Waals surface area contributed by atoms with Crippen LogP contribution in [0.25, 0.3) is 0 Å². The Balaban J connectivity index is 1.57. The van der Waals surface area contributed by atoms with E-state index in [4.69, 9.17) is 42.6 Å². The number of Topliss-reactive ketones (excluding diaryl/α,β-unsaturated/α-hetero) is 1. The summed E-state index contributed by atoms with van der Waals surface area (Å²) in [6.07, 6.45) is -8.35. The summed E-state index contributed by atoms with van der Waals surface area (Å²) in [6, 6.07) is 7.56. The predicted molar refractivity (Wildman–Crippen MR) is 221 cm³/mol. The highest BCUT2D eigenvalue weighted by Crippen LogP contribution is 2.42. The summed E-state index contributed by atoms with van der Waals surface area (Å²) in [5.41, 5.74) is -1.97. The Kier molecular flexibility index (Phi) is 16.1. The minimum atomic E-state index is -1.25. The number of carbonyl (C=O) groups is 4. The number of cyclic esters (lactones) is 1. The van der Waals surface area contributed by atoms with E-state index in [9.17, 15) is 24.3 Å². The highest BCUT2D eigenvalue weighted by atomic mass is 16.7. The molecule has 2 unspecified atom stereocenters. The van der Waals surface area contributed by atoms with Crippen LogP contribution >= 0.6 is 0 Å². The fourth-order valence-corrected chi connectivity index (χ4v) is 9.83. The minimum absolute atomic E-state index is 0.0965. The van der Waals surface area contributed by atoms with Crippen LogP contribution in [0, 0.1) is 23.7 Å². The third-order valence-electron chi connectivity index (χ3n) is 13.6. The quantitative estimate of drug-likeness (QED) is 0.244. The summed E-state index contributed by atoms with van der Waals surface area (Å²) in [5, 5.41) is 14.5. The van der Waals surface area contributed by atoms with Gasteiger partial charge in [0.25, 0.3) is 0 Å². The second-order valence-corrected chi connectivity index (χ2v) is 18.3. The number of alkyl carbamates (subject to hydrolysis) is 1. The van der Waals surface area contributed by atoms with Gasteiger partial charge in [0, 0.05) is 38.5 Å². The van der Waals surface area contributed by atoms with Crippen molar-refractivity contribution in [3.63, 3.8) is 0 Å². The Hall–Kier alpha value is -3.22. The van der Waals surface area contributed by atoms with Gasteiger partial charge < -0.3 is 58.0 Å². The van der Waals surface area contributed by atoms with Crippen molar-refractivity contribution in [3.05, 3.63) is 35.9 Å². The molecule has 1 aromatic rings. The van der Waals surface area contributed by atoms with Crippen molar-refractivity contribution >= 4 is 23.8 Å². The highest BCUT2D eigenvalue weighted by Gasteiger charge is 2.55. The molecule has 4 fully saturated rings. The molecule has 0 spiro atoms. The molecule has 0 saturated carbocycles. The van der Waals surface area contributed by atoms with Gasteiger partial charge in [-0.15, -0.1) is 0 Å². The summed E-state index contributed by atoms with van der Waals surface area (Å²) in [6.45, 7) is 16.2. The number of esters is 2. The first-order valence-electron chi connectivity index (χ1n) is 21.7. The summed E-state index contributed by atoms with van der Waals surface area (Å²) in [7, 11) is 6.83. The molecule has 344 valence electrons. The summed E-state index contributed by atoms with van der Waals surface area (Å²) >= 11 is 0. The first kappa shape index (κ1) is 48.8. The molecular weight excluding hydrogens is 792 g/mol. The van der Waals surface area contributed by atoms with Gasteiger partial charge in [-0.1, -0.05) is 45.9 Å². The number of ketones is 1. The van der Waals surface area contributed by atoms with Crippen molar-refractivity contribution in [1.29, 1.82) is 0 Å². The van der Waals surface area contributed by atoms with Gasteiger partial charge >= 0.3 is 18.0 Å². The molecule has 4 saturated heterocycles. The highest BCUT2D eigenvalue weighted by molar-refractivity contribution is 5.89. The lowest BCUT2D eigenvalue weighted by atomic mass is 9.75. The van der Waals surface area contributed by atoms with Crippen molar-refractivity contribution in [2.45, 2.75) is 173 Å². The maximum atomic E-state index is 14.5. The van der Waals surface area contributed by atoms with Gasteiger partial charge in [-0.3, -0.25) is 9.59 Å². The number of hydrogen-bond acceptors (Lipinski definition) is 15. The molecule has 1 aromatic carbocycles. The Morgan fingerprint density at radius 3 is 2.13 bits per heavy atom. The molecule has 5 rings (SSSR count). The largest absolute Gasteiger partial charge is 0.460 e. The van der Waals surface area contributed by atoms with Crippen molar-refractivity contribution in [3.8, 4) is 0 Å². The smallest absolute Gasteiger partial charge is 0.407 e. The lowest BCUT2D eigenvalue weighted by Gasteiger charge is -2.50. The number of fused-ring (bicyclic) bond motifs is 1. The van der Waals surface area contributed by atoms with Crippen molar-refractivity contribution in [2.75, 3.05) is 28.3 Å². The molecule has 0 bridgehead atoms. The fourth-order valence-electron chi connectivity index (χ4n) is 9.83. The van der Waals surface area contributed by atoms with Crippen LogP contribution < -0.4 is 5.32 Å². The fraction of sp³-hybridized carbons (Fsp3) is 0.778. The molecule has 61 heavy (non-hydrogen) atoms. The van der Waals surface area contributed by atoms with Gasteiger partial charge in [0.2, 0.25) is 0 Å². The van der Waals surface area contributed by atoms with Crippen LogP contribution in [0.5, 0.6) is 0 Å². The summed E-state index contributed by atoms with van der Waals surface area (Å²) in [4.78, 5) is 56.8. The molecule has 0 radical (unpaired) electrons. The zero-order valence-corrected chi connectivity index (χ0v) is 38.2. The number of aliphatic hydroxyl groups excluding tert-OH is 1. The van der Waals surface area contributed by atoms with E-state index in [0.29, 0.717) is 18.4 Å². The Morgan fingerprint density at radius 2 is 1.52 bits per heavy atom. The molecule has 0 aliphatic carbocycles. The van der Waals surface area contributed by atoms with E-state index in [0.717, 1.165) is 0 Å². The second-order valence-electron chi connectivity index (χ2n) is 18.3. The molecule has 18 atom stereocenters. The number of rotatable bonds is 10. The number of carbonyl (C=O) groups excluding carboxylic acids is 4. The van der Waals surface area contributed by atoms with Crippen LogP contribution in [0.15, 0.2) is 30.3 Å². The molecule has 16 nitrogen and oxygen atoms in total. The number of ether oxygens (including phenoxy) is 9. The number of likely N-dealkylation sites (N-methyl/N-ethyl adjacent to an activating group) is 1. The van der Waals surface area contributed by atoms with Gasteiger partial charge in [0.15, 0.2) is 18.7 Å². The zero-order valence-electron chi connectivity index (χ0n) is 38.2. The van der Waals surface area contributed by atoms with Crippen molar-refractivity contribution < 1.29 is 66.9 Å². The van der Waals surface area contributed by atoms with E-state index in [1.54, 1.807) is 52.0 Å². The maximum absolute atomic E-state index is 14.5. The first-order chi connectivity index (χ1) is 28.7. The molecule has 16 heteroatoms. The van der Waals surface area contributed by atoms with E-state index < -0.39 is 114 Å². The van der Waals surface area contributed by atoms with Crippen LogP contribution in [0.2, 0.25) is 0 Å². The lowest BCUT2D eigenvalue weighted by Crippen LogP contribution is -2.61. The SMILES string of the molecule is CC[C@H]1OC(=O)[C@H](C)[C@@H](OC2C[C@@](C)(OC)[C@@H](OC(=O)c3ccccc3)[C@H](C)O2)[C@H](C)[C@@H](OC2O[C@H](C)C[C@H](N(C)C)[C@H]2O)[C@](C)(OC)C[C@@H](C)C(=O)[C@H](C)[C@H]2OC(=O)N[C@H]21. The lowest BCUT2D eigenvalue weighted by molar-refractivity contribution is -0.318. The molecule has 0 aromatic heterocycles. The number of methoxy groups -OCH3 is 2. The van der Waals surface area contributed by atoms with Crippen molar-refractivity contribution in [2.24, 2.45) is 23.7 Å². The first-order valence-corrected chi connectivity index (χ1v) is 21.7. The van der Waals surface area contributed by atoms with Gasteiger partial charge in [-0.2, -0.15) is 0 Å². The average Bonchev–Trinajstić information content (AvgIpc) is 3.62. The van der Waals surface area contributed by atoms with Gasteiger partial charge in [0.05, 0.1) is 47.4 Å². The van der Waals surface area contributed by atoms with E-state index in [2.05, 4.69) is 5.32 Å². The van der Waals surface area contributed by atoms with Crippen LogP contribution in [0.1, 0.15) is 98.4 Å².